The second kappa shape index (κ2) is 8.95. The topological polar surface area (TPSA) is 99.6 Å². The van der Waals surface area contributed by atoms with Gasteiger partial charge in [-0.1, -0.05) is 18.2 Å². The molecule has 8 heteroatoms. The predicted molar refractivity (Wildman–Crippen MR) is 89.6 cm³/mol. The molecule has 0 aliphatic carbocycles. The van der Waals surface area contributed by atoms with Crippen molar-refractivity contribution < 1.29 is 19.0 Å². The molecule has 0 saturated heterocycles. The fraction of sp³-hybridized carbons (Fsp3) is 0.353. The zero-order chi connectivity index (χ0) is 18.2. The normalized spacial score (nSPS) is 13.2. The van der Waals surface area contributed by atoms with Crippen molar-refractivity contribution in [2.45, 2.75) is 18.8 Å². The standard InChI is InChI=1S/C17H20N2O6/c1-23-13(10-19-9-8-15(20)18-17(19)22)14(24-2)11-25-16(21)12-6-4-3-5-7-12/h3-9,13-14H,10-11H2,1-2H3,(H,18,20,22)/t13-,14-/m1/s1. The van der Waals surface area contributed by atoms with Gasteiger partial charge in [0.1, 0.15) is 18.8 Å². The minimum Gasteiger partial charge on any atom is -0.459 e. The first-order valence-electron chi connectivity index (χ1n) is 7.62. The third-order valence-electron chi connectivity index (χ3n) is 3.68. The second-order valence-electron chi connectivity index (χ2n) is 5.28. The van der Waals surface area contributed by atoms with Gasteiger partial charge in [-0.2, -0.15) is 0 Å². The first-order valence-corrected chi connectivity index (χ1v) is 7.62. The molecule has 0 spiro atoms. The number of esters is 1. The maximum atomic E-state index is 12.0. The summed E-state index contributed by atoms with van der Waals surface area (Å²) < 4.78 is 17.3. The number of ether oxygens (including phenoxy) is 3. The van der Waals surface area contributed by atoms with E-state index in [1.54, 1.807) is 30.3 Å². The summed E-state index contributed by atoms with van der Waals surface area (Å²) in [5.41, 5.74) is -0.593. The van der Waals surface area contributed by atoms with Gasteiger partial charge in [0.2, 0.25) is 0 Å². The van der Waals surface area contributed by atoms with Gasteiger partial charge in [0.05, 0.1) is 12.1 Å². The summed E-state index contributed by atoms with van der Waals surface area (Å²) in [6.07, 6.45) is 0.226. The third kappa shape index (κ3) is 5.13. The highest BCUT2D eigenvalue weighted by molar-refractivity contribution is 5.89. The van der Waals surface area contributed by atoms with E-state index < -0.39 is 29.4 Å². The quantitative estimate of drug-likeness (QED) is 0.694. The van der Waals surface area contributed by atoms with E-state index >= 15 is 0 Å². The Kier molecular flexibility index (Phi) is 6.67. The molecule has 0 aliphatic heterocycles. The highest BCUT2D eigenvalue weighted by atomic mass is 16.6. The molecule has 134 valence electrons. The van der Waals surface area contributed by atoms with Gasteiger partial charge in [-0.25, -0.2) is 9.59 Å². The Balaban J connectivity index is 2.02. The van der Waals surface area contributed by atoms with Crippen molar-refractivity contribution >= 4 is 5.97 Å². The summed E-state index contributed by atoms with van der Waals surface area (Å²) in [6.45, 7) is 0.0916. The molecule has 0 fully saturated rings. The monoisotopic (exact) mass is 348 g/mol. The minimum atomic E-state index is -0.587. The summed E-state index contributed by atoms with van der Waals surface area (Å²) >= 11 is 0. The molecule has 0 amide bonds. The van der Waals surface area contributed by atoms with E-state index in [2.05, 4.69) is 4.98 Å². The molecule has 1 aromatic carbocycles. The lowest BCUT2D eigenvalue weighted by molar-refractivity contribution is -0.0714. The highest BCUT2D eigenvalue weighted by Crippen LogP contribution is 2.08. The van der Waals surface area contributed by atoms with Crippen LogP contribution in [-0.4, -0.2) is 48.6 Å². The molecule has 2 aromatic rings. The van der Waals surface area contributed by atoms with Gasteiger partial charge in [0.25, 0.3) is 5.56 Å². The Morgan fingerprint density at radius 3 is 2.36 bits per heavy atom. The summed E-state index contributed by atoms with van der Waals surface area (Å²) in [5, 5.41) is 0. The van der Waals surface area contributed by atoms with E-state index in [-0.39, 0.29) is 13.2 Å². The van der Waals surface area contributed by atoms with Crippen molar-refractivity contribution in [1.82, 2.24) is 9.55 Å². The van der Waals surface area contributed by atoms with Crippen LogP contribution in [0.4, 0.5) is 0 Å². The Labute approximate surface area is 144 Å². The number of hydrogen-bond donors (Lipinski definition) is 1. The van der Waals surface area contributed by atoms with Crippen LogP contribution in [0.2, 0.25) is 0 Å². The minimum absolute atomic E-state index is 0.0408. The fourth-order valence-corrected chi connectivity index (χ4v) is 2.27. The molecule has 2 atom stereocenters. The first kappa shape index (κ1) is 18.6. The van der Waals surface area contributed by atoms with E-state index in [0.29, 0.717) is 5.56 Å². The summed E-state index contributed by atoms with van der Waals surface area (Å²) in [7, 11) is 2.93. The number of aromatic nitrogens is 2. The lowest BCUT2D eigenvalue weighted by Crippen LogP contribution is -2.41. The van der Waals surface area contributed by atoms with Gasteiger partial charge in [0, 0.05) is 26.5 Å². The number of nitrogens with zero attached hydrogens (tertiary/aromatic N) is 1. The largest absolute Gasteiger partial charge is 0.459 e. The zero-order valence-corrected chi connectivity index (χ0v) is 14.0. The maximum Gasteiger partial charge on any atom is 0.338 e. The van der Waals surface area contributed by atoms with E-state index in [0.717, 1.165) is 0 Å². The Morgan fingerprint density at radius 1 is 1.08 bits per heavy atom. The van der Waals surface area contributed by atoms with Crippen LogP contribution in [0.15, 0.2) is 52.2 Å². The number of carbonyl (C=O) groups excluding carboxylic acids is 1. The van der Waals surface area contributed by atoms with Crippen LogP contribution in [0, 0.1) is 0 Å². The number of benzene rings is 1. The van der Waals surface area contributed by atoms with E-state index in [9.17, 15) is 14.4 Å². The molecule has 25 heavy (non-hydrogen) atoms. The molecule has 1 N–H and O–H groups in total. The van der Waals surface area contributed by atoms with Crippen LogP contribution in [0.5, 0.6) is 0 Å². The van der Waals surface area contributed by atoms with Gasteiger partial charge in [0.15, 0.2) is 0 Å². The number of rotatable bonds is 8. The Hall–Kier alpha value is -2.71. The van der Waals surface area contributed by atoms with Gasteiger partial charge in [-0.05, 0) is 12.1 Å². The zero-order valence-electron chi connectivity index (χ0n) is 14.0. The maximum absolute atomic E-state index is 12.0. The SMILES string of the molecule is CO[C@H](COC(=O)c1ccccc1)[C@@H](Cn1ccc(=O)[nH]c1=O)OC. The van der Waals surface area contributed by atoms with Crippen molar-refractivity contribution in [1.29, 1.82) is 0 Å². The highest BCUT2D eigenvalue weighted by Gasteiger charge is 2.24. The van der Waals surface area contributed by atoms with Gasteiger partial charge >= 0.3 is 11.7 Å². The molecule has 0 bridgehead atoms. The summed E-state index contributed by atoms with van der Waals surface area (Å²) in [6, 6.07) is 9.83. The predicted octanol–water partition coefficient (Wildman–Crippen LogP) is 0.424. The average molecular weight is 348 g/mol. The fourth-order valence-electron chi connectivity index (χ4n) is 2.27. The van der Waals surface area contributed by atoms with Crippen molar-refractivity contribution in [3.05, 3.63) is 69.0 Å². The lowest BCUT2D eigenvalue weighted by Gasteiger charge is -2.25. The molecule has 1 aromatic heterocycles. The molecule has 0 unspecified atom stereocenters. The van der Waals surface area contributed by atoms with Gasteiger partial charge in [-0.15, -0.1) is 0 Å². The smallest absolute Gasteiger partial charge is 0.338 e. The van der Waals surface area contributed by atoms with Gasteiger partial charge < -0.3 is 14.2 Å². The van der Waals surface area contributed by atoms with Crippen molar-refractivity contribution in [3.63, 3.8) is 0 Å². The number of methoxy groups -OCH3 is 2. The number of carbonyl (C=O) groups is 1. The van der Waals surface area contributed by atoms with Crippen molar-refractivity contribution in [2.24, 2.45) is 0 Å². The van der Waals surface area contributed by atoms with Crippen LogP contribution < -0.4 is 11.2 Å². The number of nitrogens with one attached hydrogen (secondary N) is 1. The molecule has 8 nitrogen and oxygen atoms in total. The van der Waals surface area contributed by atoms with E-state index in [1.807, 2.05) is 0 Å². The summed E-state index contributed by atoms with van der Waals surface area (Å²) in [5.74, 6) is -0.473. The summed E-state index contributed by atoms with van der Waals surface area (Å²) in [4.78, 5) is 37.1. The molecule has 0 aliphatic rings. The number of hydrogen-bond acceptors (Lipinski definition) is 6. The molecule has 0 radical (unpaired) electrons. The Bertz CT molecular complexity index is 799. The molecular formula is C17H20N2O6. The van der Waals surface area contributed by atoms with Crippen LogP contribution in [-0.2, 0) is 20.8 Å². The van der Waals surface area contributed by atoms with E-state index in [1.165, 1.54) is 31.0 Å². The molecule has 0 saturated carbocycles. The third-order valence-corrected chi connectivity index (χ3v) is 3.68. The van der Waals surface area contributed by atoms with Crippen molar-refractivity contribution in [2.75, 3.05) is 20.8 Å². The number of aromatic amines is 1. The first-order chi connectivity index (χ1) is 12.0. The Morgan fingerprint density at radius 2 is 1.76 bits per heavy atom. The number of H-pyrrole nitrogens is 1. The molecule has 2 rings (SSSR count). The lowest BCUT2D eigenvalue weighted by atomic mass is 10.2. The van der Waals surface area contributed by atoms with Crippen LogP contribution in [0.25, 0.3) is 0 Å². The average Bonchev–Trinajstić information content (AvgIpc) is 2.63. The second-order valence-corrected chi connectivity index (χ2v) is 5.28. The van der Waals surface area contributed by atoms with Crippen LogP contribution >= 0.6 is 0 Å². The van der Waals surface area contributed by atoms with E-state index in [4.69, 9.17) is 14.2 Å². The van der Waals surface area contributed by atoms with Crippen LogP contribution in [0.1, 0.15) is 10.4 Å². The molecule has 1 heterocycles. The van der Waals surface area contributed by atoms with Gasteiger partial charge in [-0.3, -0.25) is 14.3 Å². The van der Waals surface area contributed by atoms with Crippen molar-refractivity contribution in [3.8, 4) is 0 Å². The van der Waals surface area contributed by atoms with Crippen LogP contribution in [0.3, 0.4) is 0 Å². The molecular weight excluding hydrogens is 328 g/mol.